The molecule has 0 radical (unpaired) electrons. The minimum absolute atomic E-state index is 0.0111. The van der Waals surface area contributed by atoms with Crippen LogP contribution in [0.4, 0.5) is 0 Å². The second-order valence-corrected chi connectivity index (χ2v) is 6.96. The van der Waals surface area contributed by atoms with Gasteiger partial charge in [0.25, 0.3) is 0 Å². The van der Waals surface area contributed by atoms with Crippen molar-refractivity contribution in [3.8, 4) is 0 Å². The molecule has 0 aromatic heterocycles. The normalized spacial score (nSPS) is 24.4. The predicted octanol–water partition coefficient (Wildman–Crippen LogP) is 3.27. The molecule has 1 fully saturated rings. The van der Waals surface area contributed by atoms with E-state index in [2.05, 4.69) is 26.1 Å². The summed E-state index contributed by atoms with van der Waals surface area (Å²) in [4.78, 5) is 23.7. The van der Waals surface area contributed by atoms with Crippen molar-refractivity contribution in [2.45, 2.75) is 58.6 Å². The Morgan fingerprint density at radius 1 is 1.24 bits per heavy atom. The highest BCUT2D eigenvalue weighted by Crippen LogP contribution is 2.52. The third-order valence-electron chi connectivity index (χ3n) is 5.95. The Morgan fingerprint density at radius 3 is 2.44 bits per heavy atom. The molecule has 0 aliphatic heterocycles. The molecule has 2 N–H and O–H groups in total. The van der Waals surface area contributed by atoms with Crippen LogP contribution in [-0.2, 0) is 16.0 Å². The van der Waals surface area contributed by atoms with Crippen molar-refractivity contribution in [2.24, 2.45) is 11.3 Å². The SMILES string of the molecule is CCC1(CC)C(NC(=O)CCc2ccccc2C(=O)O)C(C)C1OC. The summed E-state index contributed by atoms with van der Waals surface area (Å²) in [5.41, 5.74) is 0.949. The average molecular weight is 347 g/mol. The third kappa shape index (κ3) is 3.56. The lowest BCUT2D eigenvalue weighted by molar-refractivity contribution is -0.172. The van der Waals surface area contributed by atoms with Gasteiger partial charge in [-0.05, 0) is 30.9 Å². The molecule has 25 heavy (non-hydrogen) atoms. The van der Waals surface area contributed by atoms with Gasteiger partial charge in [0, 0.05) is 30.9 Å². The van der Waals surface area contributed by atoms with E-state index in [-0.39, 0.29) is 41.4 Å². The number of amides is 1. The summed E-state index contributed by atoms with van der Waals surface area (Å²) in [6.45, 7) is 6.40. The minimum Gasteiger partial charge on any atom is -0.478 e. The molecule has 5 heteroatoms. The molecule has 3 unspecified atom stereocenters. The first-order valence-electron chi connectivity index (χ1n) is 9.04. The molecule has 138 valence electrons. The Balaban J connectivity index is 2.00. The van der Waals surface area contributed by atoms with Crippen molar-refractivity contribution in [1.29, 1.82) is 0 Å². The minimum atomic E-state index is -0.956. The van der Waals surface area contributed by atoms with E-state index in [1.165, 1.54) is 0 Å². The van der Waals surface area contributed by atoms with Crippen molar-refractivity contribution >= 4 is 11.9 Å². The van der Waals surface area contributed by atoms with Gasteiger partial charge in [-0.15, -0.1) is 0 Å². The molecule has 0 heterocycles. The Bertz CT molecular complexity index is 624. The number of carbonyl (C=O) groups is 2. The highest BCUT2D eigenvalue weighted by Gasteiger charge is 2.58. The number of rotatable bonds is 8. The second-order valence-electron chi connectivity index (χ2n) is 6.96. The molecule has 0 spiro atoms. The van der Waals surface area contributed by atoms with Gasteiger partial charge in [-0.2, -0.15) is 0 Å². The van der Waals surface area contributed by atoms with Crippen molar-refractivity contribution in [1.82, 2.24) is 5.32 Å². The molecule has 3 atom stereocenters. The maximum Gasteiger partial charge on any atom is 0.335 e. The zero-order valence-corrected chi connectivity index (χ0v) is 15.5. The molecule has 5 nitrogen and oxygen atoms in total. The number of aryl methyl sites for hydroxylation is 1. The Morgan fingerprint density at radius 2 is 1.88 bits per heavy atom. The fraction of sp³-hybridized carbons (Fsp3) is 0.600. The molecule has 0 saturated heterocycles. The van der Waals surface area contributed by atoms with Crippen LogP contribution < -0.4 is 5.32 Å². The zero-order valence-electron chi connectivity index (χ0n) is 15.5. The summed E-state index contributed by atoms with van der Waals surface area (Å²) in [7, 11) is 1.74. The number of carboxylic acids is 1. The number of aromatic carboxylic acids is 1. The molecule has 0 bridgehead atoms. The van der Waals surface area contributed by atoms with Gasteiger partial charge in [-0.25, -0.2) is 4.79 Å². The Labute approximate surface area is 149 Å². The Hall–Kier alpha value is -1.88. The van der Waals surface area contributed by atoms with E-state index in [0.717, 1.165) is 12.8 Å². The molecular formula is C20H29NO4. The average Bonchev–Trinajstić information content (AvgIpc) is 2.62. The number of carboxylic acid groups (broad SMARTS) is 1. The van der Waals surface area contributed by atoms with Gasteiger partial charge in [0.1, 0.15) is 0 Å². The number of methoxy groups -OCH3 is 1. The van der Waals surface area contributed by atoms with Crippen LogP contribution in [0.1, 0.15) is 56.0 Å². The summed E-state index contributed by atoms with van der Waals surface area (Å²) in [6.07, 6.45) is 2.79. The van der Waals surface area contributed by atoms with Gasteiger partial charge in [0.15, 0.2) is 0 Å². The third-order valence-corrected chi connectivity index (χ3v) is 5.95. The van der Waals surface area contributed by atoms with Crippen molar-refractivity contribution in [3.05, 3.63) is 35.4 Å². The van der Waals surface area contributed by atoms with E-state index in [9.17, 15) is 14.7 Å². The van der Waals surface area contributed by atoms with Gasteiger partial charge in [-0.1, -0.05) is 39.0 Å². The zero-order chi connectivity index (χ0) is 18.6. The number of carbonyl (C=O) groups excluding carboxylic acids is 1. The second kappa shape index (κ2) is 8.00. The summed E-state index contributed by atoms with van der Waals surface area (Å²) in [6, 6.07) is 6.95. The van der Waals surface area contributed by atoms with Gasteiger partial charge in [-0.3, -0.25) is 4.79 Å². The molecule has 1 amide bonds. The van der Waals surface area contributed by atoms with Gasteiger partial charge in [0.05, 0.1) is 11.7 Å². The number of benzene rings is 1. The van der Waals surface area contributed by atoms with Gasteiger partial charge in [0.2, 0.25) is 5.91 Å². The smallest absolute Gasteiger partial charge is 0.335 e. The Kier molecular flexibility index (Phi) is 6.22. The molecule has 1 aromatic carbocycles. The maximum atomic E-state index is 12.5. The van der Waals surface area contributed by atoms with Crippen LogP contribution in [0.2, 0.25) is 0 Å². The van der Waals surface area contributed by atoms with E-state index in [0.29, 0.717) is 12.0 Å². The lowest BCUT2D eigenvalue weighted by Gasteiger charge is -2.59. The van der Waals surface area contributed by atoms with Crippen LogP contribution in [0.15, 0.2) is 24.3 Å². The monoisotopic (exact) mass is 347 g/mol. The first-order chi connectivity index (χ1) is 11.9. The highest BCUT2D eigenvalue weighted by atomic mass is 16.5. The van der Waals surface area contributed by atoms with Crippen LogP contribution in [0, 0.1) is 11.3 Å². The topological polar surface area (TPSA) is 75.6 Å². The molecule has 1 aliphatic rings. The van der Waals surface area contributed by atoms with E-state index in [4.69, 9.17) is 4.74 Å². The molecule has 1 saturated carbocycles. The van der Waals surface area contributed by atoms with E-state index < -0.39 is 5.97 Å². The maximum absolute atomic E-state index is 12.5. The van der Waals surface area contributed by atoms with Crippen LogP contribution >= 0.6 is 0 Å². The highest BCUT2D eigenvalue weighted by molar-refractivity contribution is 5.89. The number of hydrogen-bond donors (Lipinski definition) is 2. The lowest BCUT2D eigenvalue weighted by atomic mass is 9.53. The summed E-state index contributed by atoms with van der Waals surface area (Å²) >= 11 is 0. The molecule has 1 aromatic rings. The largest absolute Gasteiger partial charge is 0.478 e. The van der Waals surface area contributed by atoms with Crippen LogP contribution in [0.25, 0.3) is 0 Å². The fourth-order valence-corrected chi connectivity index (χ4v) is 4.54. The van der Waals surface area contributed by atoms with Crippen LogP contribution in [-0.4, -0.2) is 36.2 Å². The first kappa shape index (κ1) is 19.4. The van der Waals surface area contributed by atoms with Crippen molar-refractivity contribution in [3.63, 3.8) is 0 Å². The van der Waals surface area contributed by atoms with Gasteiger partial charge < -0.3 is 15.2 Å². The predicted molar refractivity (Wildman–Crippen MR) is 96.6 cm³/mol. The van der Waals surface area contributed by atoms with Crippen molar-refractivity contribution < 1.29 is 19.4 Å². The quantitative estimate of drug-likeness (QED) is 0.757. The fourth-order valence-electron chi connectivity index (χ4n) is 4.54. The molecule has 2 rings (SSSR count). The summed E-state index contributed by atoms with van der Waals surface area (Å²) < 4.78 is 5.66. The van der Waals surface area contributed by atoms with E-state index in [1.54, 1.807) is 31.4 Å². The van der Waals surface area contributed by atoms with Crippen LogP contribution in [0.3, 0.4) is 0 Å². The van der Waals surface area contributed by atoms with E-state index >= 15 is 0 Å². The molecular weight excluding hydrogens is 318 g/mol. The van der Waals surface area contributed by atoms with E-state index in [1.807, 2.05) is 0 Å². The summed E-state index contributed by atoms with van der Waals surface area (Å²) in [5, 5.41) is 12.4. The summed E-state index contributed by atoms with van der Waals surface area (Å²) in [5.74, 6) is -0.708. The first-order valence-corrected chi connectivity index (χ1v) is 9.04. The van der Waals surface area contributed by atoms with Crippen LogP contribution in [0.5, 0.6) is 0 Å². The van der Waals surface area contributed by atoms with Crippen molar-refractivity contribution in [2.75, 3.05) is 7.11 Å². The number of ether oxygens (including phenoxy) is 1. The van der Waals surface area contributed by atoms with Gasteiger partial charge >= 0.3 is 5.97 Å². The lowest BCUT2D eigenvalue weighted by Crippen LogP contribution is -2.69. The molecule has 1 aliphatic carbocycles. The standard InChI is InChI=1S/C20H29NO4/c1-5-20(6-2)17(13(3)18(20)25-4)21-16(22)12-11-14-9-7-8-10-15(14)19(23)24/h7-10,13,17-18H,5-6,11-12H2,1-4H3,(H,21,22)(H,23,24). The number of nitrogens with one attached hydrogen (secondary N) is 1. The number of hydrogen-bond acceptors (Lipinski definition) is 3.